The van der Waals surface area contributed by atoms with Crippen molar-refractivity contribution in [3.05, 3.63) is 51.9 Å². The van der Waals surface area contributed by atoms with E-state index >= 15 is 0 Å². The predicted octanol–water partition coefficient (Wildman–Crippen LogP) is 3.72. The van der Waals surface area contributed by atoms with Crippen molar-refractivity contribution in [2.75, 3.05) is 5.32 Å². The molecule has 2 aromatic rings. The zero-order valence-corrected chi connectivity index (χ0v) is 11.4. The fraction of sp³-hybridized carbons (Fsp3) is 0.231. The van der Waals surface area contributed by atoms with Crippen LogP contribution < -0.4 is 5.32 Å². The molecule has 1 aromatic carbocycles. The Kier molecular flexibility index (Phi) is 3.88. The van der Waals surface area contributed by atoms with Gasteiger partial charge in [0.1, 0.15) is 0 Å². The highest BCUT2D eigenvalue weighted by atomic mass is 127. The first-order valence-corrected chi connectivity index (χ1v) is 6.51. The minimum absolute atomic E-state index is 0.876. The number of hydrogen-bond donors (Lipinski definition) is 1. The van der Waals surface area contributed by atoms with Crippen molar-refractivity contribution in [3.63, 3.8) is 0 Å². The van der Waals surface area contributed by atoms with Crippen LogP contribution in [-0.2, 0) is 13.1 Å². The second-order valence-corrected chi connectivity index (χ2v) is 4.89. The van der Waals surface area contributed by atoms with E-state index in [2.05, 4.69) is 82.0 Å². The molecule has 16 heavy (non-hydrogen) atoms. The molecule has 0 unspecified atom stereocenters. The summed E-state index contributed by atoms with van der Waals surface area (Å²) in [5, 5.41) is 3.42. The normalized spacial score (nSPS) is 10.4. The second-order valence-electron chi connectivity index (χ2n) is 3.65. The molecule has 2 rings (SSSR count). The molecule has 0 bridgehead atoms. The topological polar surface area (TPSA) is 17.0 Å². The molecule has 0 amide bonds. The highest BCUT2D eigenvalue weighted by Crippen LogP contribution is 2.12. The van der Waals surface area contributed by atoms with Crippen molar-refractivity contribution in [2.24, 2.45) is 0 Å². The number of nitrogens with zero attached hydrogens (tertiary/aromatic N) is 1. The summed E-state index contributed by atoms with van der Waals surface area (Å²) in [6.07, 6.45) is 2.12. The maximum Gasteiger partial charge on any atom is 0.0553 e. The zero-order chi connectivity index (χ0) is 11.4. The van der Waals surface area contributed by atoms with E-state index in [9.17, 15) is 0 Å². The lowest BCUT2D eigenvalue weighted by atomic mass is 10.3. The zero-order valence-electron chi connectivity index (χ0n) is 9.28. The van der Waals surface area contributed by atoms with Gasteiger partial charge in [-0.25, -0.2) is 0 Å². The van der Waals surface area contributed by atoms with Crippen molar-refractivity contribution in [2.45, 2.75) is 20.0 Å². The van der Waals surface area contributed by atoms with Crippen LogP contribution in [0.4, 0.5) is 5.69 Å². The number of benzene rings is 1. The molecular weight excluding hydrogens is 311 g/mol. The van der Waals surface area contributed by atoms with Crippen LogP contribution in [0.2, 0.25) is 0 Å². The van der Waals surface area contributed by atoms with E-state index in [-0.39, 0.29) is 0 Å². The van der Waals surface area contributed by atoms with Crippen LogP contribution in [0.3, 0.4) is 0 Å². The second kappa shape index (κ2) is 5.39. The van der Waals surface area contributed by atoms with E-state index in [1.165, 1.54) is 15.0 Å². The van der Waals surface area contributed by atoms with Crippen LogP contribution in [0.25, 0.3) is 0 Å². The van der Waals surface area contributed by atoms with Gasteiger partial charge in [-0.3, -0.25) is 0 Å². The van der Waals surface area contributed by atoms with E-state index in [0.717, 1.165) is 13.1 Å². The lowest BCUT2D eigenvalue weighted by Crippen LogP contribution is -2.05. The molecule has 84 valence electrons. The van der Waals surface area contributed by atoms with Gasteiger partial charge in [0.05, 0.1) is 6.54 Å². The molecule has 0 saturated heterocycles. The van der Waals surface area contributed by atoms with Crippen molar-refractivity contribution >= 4 is 28.3 Å². The molecule has 0 spiro atoms. The standard InChI is InChI=1S/C13H15IN2/c1-2-16-9-3-4-13(16)10-15-12-7-5-11(14)6-8-12/h3-9,15H,2,10H2,1H3. The summed E-state index contributed by atoms with van der Waals surface area (Å²) in [4.78, 5) is 0. The van der Waals surface area contributed by atoms with Crippen LogP contribution in [0.1, 0.15) is 12.6 Å². The molecule has 0 aliphatic rings. The summed E-state index contributed by atoms with van der Waals surface area (Å²) in [5.41, 5.74) is 2.49. The maximum atomic E-state index is 3.42. The molecule has 2 nitrogen and oxygen atoms in total. The van der Waals surface area contributed by atoms with Crippen LogP contribution in [0.5, 0.6) is 0 Å². The van der Waals surface area contributed by atoms with E-state index in [4.69, 9.17) is 0 Å². The smallest absolute Gasteiger partial charge is 0.0553 e. The highest BCUT2D eigenvalue weighted by molar-refractivity contribution is 14.1. The fourth-order valence-corrected chi connectivity index (χ4v) is 2.04. The molecule has 1 aromatic heterocycles. The third kappa shape index (κ3) is 2.78. The van der Waals surface area contributed by atoms with Gasteiger partial charge in [0.25, 0.3) is 0 Å². The van der Waals surface area contributed by atoms with Gasteiger partial charge in [-0.1, -0.05) is 0 Å². The van der Waals surface area contributed by atoms with Crippen LogP contribution >= 0.6 is 22.6 Å². The first-order valence-electron chi connectivity index (χ1n) is 5.43. The number of nitrogens with one attached hydrogen (secondary N) is 1. The van der Waals surface area contributed by atoms with Gasteiger partial charge in [-0.2, -0.15) is 0 Å². The Morgan fingerprint density at radius 3 is 2.62 bits per heavy atom. The molecule has 0 saturated carbocycles. The van der Waals surface area contributed by atoms with Crippen molar-refractivity contribution in [1.29, 1.82) is 0 Å². The molecule has 0 aliphatic heterocycles. The van der Waals surface area contributed by atoms with Gasteiger partial charge in [0, 0.05) is 27.7 Å². The minimum atomic E-state index is 0.876. The molecule has 0 atom stereocenters. The SMILES string of the molecule is CCn1cccc1CNc1ccc(I)cc1. The number of hydrogen-bond acceptors (Lipinski definition) is 1. The number of halogens is 1. The predicted molar refractivity (Wildman–Crippen MR) is 76.6 cm³/mol. The average Bonchev–Trinajstić information content (AvgIpc) is 2.76. The van der Waals surface area contributed by atoms with Gasteiger partial charge in [-0.15, -0.1) is 0 Å². The lowest BCUT2D eigenvalue weighted by Gasteiger charge is -2.09. The summed E-state index contributed by atoms with van der Waals surface area (Å²) in [5.74, 6) is 0. The van der Waals surface area contributed by atoms with Gasteiger partial charge >= 0.3 is 0 Å². The maximum absolute atomic E-state index is 3.42. The third-order valence-electron chi connectivity index (χ3n) is 2.58. The number of aryl methyl sites for hydroxylation is 1. The molecule has 0 aliphatic carbocycles. The summed E-state index contributed by atoms with van der Waals surface area (Å²) in [6.45, 7) is 4.06. The first kappa shape index (κ1) is 11.5. The van der Waals surface area contributed by atoms with Gasteiger partial charge < -0.3 is 9.88 Å². The van der Waals surface area contributed by atoms with Gasteiger partial charge in [-0.05, 0) is 65.9 Å². The largest absolute Gasteiger partial charge is 0.379 e. The van der Waals surface area contributed by atoms with Crippen molar-refractivity contribution in [3.8, 4) is 0 Å². The fourth-order valence-electron chi connectivity index (χ4n) is 1.68. The summed E-state index contributed by atoms with van der Waals surface area (Å²) in [6, 6.07) is 12.7. The molecule has 1 heterocycles. The Hall–Kier alpha value is -0.970. The molecule has 1 N–H and O–H groups in total. The monoisotopic (exact) mass is 326 g/mol. The summed E-state index contributed by atoms with van der Waals surface area (Å²) < 4.78 is 3.51. The first-order chi connectivity index (χ1) is 7.79. The third-order valence-corrected chi connectivity index (χ3v) is 3.30. The number of anilines is 1. The summed E-state index contributed by atoms with van der Waals surface area (Å²) in [7, 11) is 0. The molecule has 0 radical (unpaired) electrons. The number of rotatable bonds is 4. The Morgan fingerprint density at radius 1 is 1.19 bits per heavy atom. The average molecular weight is 326 g/mol. The minimum Gasteiger partial charge on any atom is -0.379 e. The molecule has 0 fully saturated rings. The number of aromatic nitrogens is 1. The van der Waals surface area contributed by atoms with Gasteiger partial charge in [0.15, 0.2) is 0 Å². The molecule has 3 heteroatoms. The molecular formula is C13H15IN2. The van der Waals surface area contributed by atoms with Crippen LogP contribution in [0.15, 0.2) is 42.6 Å². The lowest BCUT2D eigenvalue weighted by molar-refractivity contribution is 0.724. The van der Waals surface area contributed by atoms with E-state index < -0.39 is 0 Å². The Labute approximate surface area is 110 Å². The van der Waals surface area contributed by atoms with E-state index in [1.54, 1.807) is 0 Å². The highest BCUT2D eigenvalue weighted by Gasteiger charge is 1.98. The van der Waals surface area contributed by atoms with E-state index in [1.807, 2.05) is 0 Å². The Balaban J connectivity index is 1.99. The van der Waals surface area contributed by atoms with Crippen molar-refractivity contribution < 1.29 is 0 Å². The summed E-state index contributed by atoms with van der Waals surface area (Å²) >= 11 is 2.31. The Bertz CT molecular complexity index is 445. The Morgan fingerprint density at radius 2 is 1.94 bits per heavy atom. The van der Waals surface area contributed by atoms with Gasteiger partial charge in [0.2, 0.25) is 0 Å². The van der Waals surface area contributed by atoms with E-state index in [0.29, 0.717) is 0 Å². The van der Waals surface area contributed by atoms with Crippen molar-refractivity contribution in [1.82, 2.24) is 4.57 Å². The van der Waals surface area contributed by atoms with Crippen LogP contribution in [-0.4, -0.2) is 4.57 Å². The van der Waals surface area contributed by atoms with Crippen LogP contribution in [0, 0.1) is 3.57 Å². The quantitative estimate of drug-likeness (QED) is 0.848.